The Morgan fingerprint density at radius 3 is 2.77 bits per heavy atom. The van der Waals surface area contributed by atoms with Crippen molar-refractivity contribution in [2.24, 2.45) is 5.92 Å². The first-order valence-electron chi connectivity index (χ1n) is 11.6. The van der Waals surface area contributed by atoms with E-state index < -0.39 is 10.0 Å². The van der Waals surface area contributed by atoms with Crippen LogP contribution in [-0.4, -0.2) is 49.2 Å². The van der Waals surface area contributed by atoms with Crippen LogP contribution in [0.3, 0.4) is 0 Å². The van der Waals surface area contributed by atoms with E-state index in [1.165, 1.54) is 11.1 Å². The molecule has 8 heteroatoms. The van der Waals surface area contributed by atoms with Crippen LogP contribution in [0, 0.1) is 5.92 Å². The Bertz CT molecular complexity index is 1010. The van der Waals surface area contributed by atoms with E-state index in [0.717, 1.165) is 82.7 Å². The van der Waals surface area contributed by atoms with E-state index in [1.807, 2.05) is 12.1 Å². The predicted octanol–water partition coefficient (Wildman–Crippen LogP) is 3.49. The van der Waals surface area contributed by atoms with Crippen molar-refractivity contribution < 1.29 is 17.7 Å². The van der Waals surface area contributed by atoms with Crippen LogP contribution < -0.4 is 0 Å². The van der Waals surface area contributed by atoms with E-state index in [0.29, 0.717) is 29.8 Å². The predicted molar refractivity (Wildman–Crippen MR) is 115 cm³/mol. The molecule has 2 aromatic rings. The fraction of sp³-hybridized carbons (Fsp3) is 0.652. The van der Waals surface area contributed by atoms with Crippen molar-refractivity contribution >= 4 is 10.0 Å². The normalized spacial score (nSPS) is 23.2. The van der Waals surface area contributed by atoms with Crippen LogP contribution >= 0.6 is 0 Å². The molecule has 3 heterocycles. The third kappa shape index (κ3) is 4.56. The molecule has 1 unspecified atom stereocenters. The summed E-state index contributed by atoms with van der Waals surface area (Å²) in [5.41, 5.74) is 2.50. The number of fused-ring (bicyclic) bond motifs is 1. The summed E-state index contributed by atoms with van der Waals surface area (Å²) in [6.07, 6.45) is 8.58. The van der Waals surface area contributed by atoms with Gasteiger partial charge in [-0.1, -0.05) is 11.2 Å². The van der Waals surface area contributed by atoms with Gasteiger partial charge in [0, 0.05) is 38.6 Å². The second-order valence-corrected chi connectivity index (χ2v) is 11.1. The van der Waals surface area contributed by atoms with Crippen molar-refractivity contribution in [1.82, 2.24) is 14.4 Å². The van der Waals surface area contributed by atoms with Crippen molar-refractivity contribution in [1.29, 1.82) is 0 Å². The van der Waals surface area contributed by atoms with Gasteiger partial charge in [-0.25, -0.2) is 8.42 Å². The molecule has 0 amide bonds. The molecule has 2 saturated heterocycles. The number of aryl methyl sites for hydroxylation is 3. The van der Waals surface area contributed by atoms with Gasteiger partial charge in [-0.05, 0) is 80.5 Å². The standard InChI is InChI=1S/C23H31N3O4S/c27-31(28,21-8-7-18-4-1-5-20(18)15-21)26-12-2-3-17(16-26)6-9-22-24-23(30-25-22)19-10-13-29-14-11-19/h7-8,15,17,19H,1-6,9-14,16H2. The molecule has 3 aliphatic rings. The van der Waals surface area contributed by atoms with Gasteiger partial charge < -0.3 is 9.26 Å². The largest absolute Gasteiger partial charge is 0.381 e. The van der Waals surface area contributed by atoms with E-state index >= 15 is 0 Å². The molecule has 168 valence electrons. The molecular formula is C23H31N3O4S. The maximum absolute atomic E-state index is 13.3. The number of sulfonamides is 1. The quantitative estimate of drug-likeness (QED) is 0.677. The first kappa shape index (κ1) is 21.1. The molecule has 0 spiro atoms. The van der Waals surface area contributed by atoms with Gasteiger partial charge in [0.2, 0.25) is 15.9 Å². The highest BCUT2D eigenvalue weighted by Gasteiger charge is 2.31. The highest BCUT2D eigenvalue weighted by molar-refractivity contribution is 7.89. The number of aromatic nitrogens is 2. The molecule has 0 radical (unpaired) electrons. The minimum absolute atomic E-state index is 0.303. The number of benzene rings is 1. The summed E-state index contributed by atoms with van der Waals surface area (Å²) in [4.78, 5) is 5.05. The SMILES string of the molecule is O=S(=O)(c1ccc2c(c1)CCC2)N1CCCC(CCc2noc(C3CCOCC3)n2)C1. The Morgan fingerprint density at radius 2 is 1.90 bits per heavy atom. The van der Waals surface area contributed by atoms with Crippen LogP contribution in [-0.2, 0) is 34.0 Å². The van der Waals surface area contributed by atoms with Crippen molar-refractivity contribution in [3.05, 3.63) is 41.0 Å². The fourth-order valence-electron chi connectivity index (χ4n) is 5.15. The minimum Gasteiger partial charge on any atom is -0.381 e. The zero-order valence-corrected chi connectivity index (χ0v) is 18.8. The third-order valence-electron chi connectivity index (χ3n) is 7.02. The van der Waals surface area contributed by atoms with E-state index in [-0.39, 0.29) is 0 Å². The molecular weight excluding hydrogens is 414 g/mol. The summed E-state index contributed by atoms with van der Waals surface area (Å²) in [6, 6.07) is 5.70. The van der Waals surface area contributed by atoms with Gasteiger partial charge in [-0.2, -0.15) is 9.29 Å². The molecule has 7 nitrogen and oxygen atoms in total. The summed E-state index contributed by atoms with van der Waals surface area (Å²) in [5, 5.41) is 4.17. The molecule has 1 aromatic heterocycles. The lowest BCUT2D eigenvalue weighted by Crippen LogP contribution is -2.40. The van der Waals surface area contributed by atoms with Crippen LogP contribution in [0.25, 0.3) is 0 Å². The molecule has 1 aromatic carbocycles. The second kappa shape index (κ2) is 9.00. The van der Waals surface area contributed by atoms with E-state index in [9.17, 15) is 8.42 Å². The molecule has 31 heavy (non-hydrogen) atoms. The number of rotatable bonds is 6. The smallest absolute Gasteiger partial charge is 0.243 e. The van der Waals surface area contributed by atoms with Crippen molar-refractivity contribution in [3.63, 3.8) is 0 Å². The van der Waals surface area contributed by atoms with Crippen LogP contribution in [0.15, 0.2) is 27.6 Å². The van der Waals surface area contributed by atoms with Gasteiger partial charge in [0.25, 0.3) is 0 Å². The molecule has 0 saturated carbocycles. The zero-order chi connectivity index (χ0) is 21.3. The van der Waals surface area contributed by atoms with Gasteiger partial charge in [0.1, 0.15) is 0 Å². The molecule has 1 aliphatic carbocycles. The van der Waals surface area contributed by atoms with E-state index in [2.05, 4.69) is 10.1 Å². The Kier molecular flexibility index (Phi) is 6.12. The highest BCUT2D eigenvalue weighted by atomic mass is 32.2. The average molecular weight is 446 g/mol. The molecule has 0 N–H and O–H groups in total. The topological polar surface area (TPSA) is 85.5 Å². The highest BCUT2D eigenvalue weighted by Crippen LogP contribution is 2.30. The Hall–Kier alpha value is -1.77. The number of ether oxygens (including phenoxy) is 1. The first-order chi connectivity index (χ1) is 15.1. The molecule has 0 bridgehead atoms. The number of hydrogen-bond donors (Lipinski definition) is 0. The molecule has 1 atom stereocenters. The monoisotopic (exact) mass is 445 g/mol. The third-order valence-corrected chi connectivity index (χ3v) is 8.88. The van der Waals surface area contributed by atoms with Crippen molar-refractivity contribution in [2.75, 3.05) is 26.3 Å². The number of hydrogen-bond acceptors (Lipinski definition) is 6. The summed E-state index contributed by atoms with van der Waals surface area (Å²) in [5.74, 6) is 2.09. The van der Waals surface area contributed by atoms with Gasteiger partial charge in [0.15, 0.2) is 5.82 Å². The van der Waals surface area contributed by atoms with Gasteiger partial charge in [-0.3, -0.25) is 0 Å². The van der Waals surface area contributed by atoms with Crippen LogP contribution in [0.4, 0.5) is 0 Å². The number of nitrogens with zero attached hydrogens (tertiary/aromatic N) is 3. The second-order valence-electron chi connectivity index (χ2n) is 9.13. The molecule has 2 aliphatic heterocycles. The molecule has 5 rings (SSSR count). The minimum atomic E-state index is -3.44. The number of piperidine rings is 1. The zero-order valence-electron chi connectivity index (χ0n) is 18.0. The van der Waals surface area contributed by atoms with Gasteiger partial charge in [-0.15, -0.1) is 0 Å². The Labute approximate surface area is 184 Å². The van der Waals surface area contributed by atoms with Crippen LogP contribution in [0.1, 0.15) is 67.3 Å². The summed E-state index contributed by atoms with van der Waals surface area (Å²) < 4.78 is 39.1. The molecule has 2 fully saturated rings. The van der Waals surface area contributed by atoms with E-state index in [1.54, 1.807) is 10.4 Å². The Morgan fingerprint density at radius 1 is 1.06 bits per heavy atom. The van der Waals surface area contributed by atoms with E-state index in [4.69, 9.17) is 9.26 Å². The maximum Gasteiger partial charge on any atom is 0.243 e. The van der Waals surface area contributed by atoms with Gasteiger partial charge >= 0.3 is 0 Å². The Balaban J connectivity index is 1.20. The van der Waals surface area contributed by atoms with Crippen molar-refractivity contribution in [3.8, 4) is 0 Å². The lowest BCUT2D eigenvalue weighted by atomic mass is 9.94. The fourth-order valence-corrected chi connectivity index (χ4v) is 6.76. The van der Waals surface area contributed by atoms with Crippen molar-refractivity contribution in [2.45, 2.75) is 68.6 Å². The first-order valence-corrected chi connectivity index (χ1v) is 13.1. The summed E-state index contributed by atoms with van der Waals surface area (Å²) >= 11 is 0. The lowest BCUT2D eigenvalue weighted by molar-refractivity contribution is 0.0778. The maximum atomic E-state index is 13.3. The summed E-state index contributed by atoms with van der Waals surface area (Å²) in [7, 11) is -3.44. The van der Waals surface area contributed by atoms with Crippen LogP contribution in [0.5, 0.6) is 0 Å². The lowest BCUT2D eigenvalue weighted by Gasteiger charge is -2.32. The summed E-state index contributed by atoms with van der Waals surface area (Å²) in [6.45, 7) is 2.67. The average Bonchev–Trinajstić information content (AvgIpc) is 3.47. The van der Waals surface area contributed by atoms with Crippen LogP contribution in [0.2, 0.25) is 0 Å². The van der Waals surface area contributed by atoms with Gasteiger partial charge in [0.05, 0.1) is 4.90 Å².